The van der Waals surface area contributed by atoms with Gasteiger partial charge in [-0.25, -0.2) is 4.68 Å². The van der Waals surface area contributed by atoms with Crippen LogP contribution in [0.2, 0.25) is 5.02 Å². The summed E-state index contributed by atoms with van der Waals surface area (Å²) in [6, 6.07) is 13.6. The molecule has 7 nitrogen and oxygen atoms in total. The Morgan fingerprint density at radius 2 is 1.87 bits per heavy atom. The summed E-state index contributed by atoms with van der Waals surface area (Å²) in [6.45, 7) is 4.54. The number of hydrogen-bond donors (Lipinski definition) is 1. The highest BCUT2D eigenvalue weighted by atomic mass is 35.5. The predicted molar refractivity (Wildman–Crippen MR) is 113 cm³/mol. The van der Waals surface area contributed by atoms with Gasteiger partial charge >= 0.3 is 0 Å². The zero-order valence-electron chi connectivity index (χ0n) is 16.5. The van der Waals surface area contributed by atoms with Gasteiger partial charge in [-0.05, 0) is 43.7 Å². The largest absolute Gasteiger partial charge is 0.486 e. The van der Waals surface area contributed by atoms with Crippen molar-refractivity contribution in [3.63, 3.8) is 0 Å². The molecule has 0 radical (unpaired) electrons. The molecule has 0 spiro atoms. The number of carbonyl (C=O) groups excluding carboxylic acids is 1. The van der Waals surface area contributed by atoms with E-state index in [1.165, 1.54) is 10.7 Å². The van der Waals surface area contributed by atoms with Crippen molar-refractivity contribution in [1.29, 1.82) is 0 Å². The highest BCUT2D eigenvalue weighted by Crippen LogP contribution is 2.32. The van der Waals surface area contributed by atoms with Crippen molar-refractivity contribution in [1.82, 2.24) is 15.1 Å². The van der Waals surface area contributed by atoms with Gasteiger partial charge in [0.25, 0.3) is 5.91 Å². The Balaban J connectivity index is 1.61. The summed E-state index contributed by atoms with van der Waals surface area (Å²) < 4.78 is 12.6. The van der Waals surface area contributed by atoms with Gasteiger partial charge in [0, 0.05) is 11.8 Å². The van der Waals surface area contributed by atoms with Crippen molar-refractivity contribution in [3.05, 3.63) is 80.7 Å². The molecule has 0 bridgehead atoms. The molecule has 1 atom stereocenters. The van der Waals surface area contributed by atoms with E-state index in [0.29, 0.717) is 41.1 Å². The molecule has 30 heavy (non-hydrogen) atoms. The highest BCUT2D eigenvalue weighted by Gasteiger charge is 2.20. The van der Waals surface area contributed by atoms with Crippen molar-refractivity contribution in [2.45, 2.75) is 19.9 Å². The van der Waals surface area contributed by atoms with Gasteiger partial charge in [-0.1, -0.05) is 29.8 Å². The third kappa shape index (κ3) is 3.89. The fourth-order valence-electron chi connectivity index (χ4n) is 3.25. The number of nitrogens with zero attached hydrogens (tertiary/aromatic N) is 2. The maximum Gasteiger partial charge on any atom is 0.276 e. The summed E-state index contributed by atoms with van der Waals surface area (Å²) in [5.41, 5.74) is 1.33. The number of hydrogen-bond acceptors (Lipinski definition) is 5. The summed E-state index contributed by atoms with van der Waals surface area (Å²) in [5.74, 6) is 0.740. The average molecular weight is 426 g/mol. The molecule has 1 unspecified atom stereocenters. The number of amides is 1. The molecule has 154 valence electrons. The Morgan fingerprint density at radius 1 is 1.13 bits per heavy atom. The fraction of sp³-hybridized carbons (Fsp3) is 0.227. The lowest BCUT2D eigenvalue weighted by atomic mass is 10.1. The van der Waals surface area contributed by atoms with Crippen LogP contribution in [0.25, 0.3) is 5.69 Å². The molecule has 1 amide bonds. The van der Waals surface area contributed by atoms with E-state index in [1.807, 2.05) is 25.1 Å². The molecule has 0 saturated heterocycles. The van der Waals surface area contributed by atoms with E-state index in [9.17, 15) is 9.59 Å². The van der Waals surface area contributed by atoms with Gasteiger partial charge in [-0.2, -0.15) is 5.10 Å². The number of carbonyl (C=O) groups is 1. The molecule has 1 aromatic heterocycles. The topological polar surface area (TPSA) is 82.5 Å². The van der Waals surface area contributed by atoms with Crippen molar-refractivity contribution >= 4 is 17.5 Å². The van der Waals surface area contributed by atoms with Gasteiger partial charge in [0.2, 0.25) is 5.43 Å². The second-order valence-corrected chi connectivity index (χ2v) is 7.37. The van der Waals surface area contributed by atoms with E-state index in [0.717, 1.165) is 5.56 Å². The van der Waals surface area contributed by atoms with Crippen LogP contribution in [-0.4, -0.2) is 28.9 Å². The predicted octanol–water partition coefficient (Wildman–Crippen LogP) is 3.46. The number of nitrogens with one attached hydrogen (secondary N) is 1. The molecule has 1 aliphatic heterocycles. The first-order chi connectivity index (χ1) is 14.4. The van der Waals surface area contributed by atoms with Crippen LogP contribution in [0.4, 0.5) is 0 Å². The lowest BCUT2D eigenvalue weighted by Gasteiger charge is -2.21. The molecule has 0 aliphatic carbocycles. The number of halogens is 1. The lowest BCUT2D eigenvalue weighted by molar-refractivity contribution is 0.0931. The Kier molecular flexibility index (Phi) is 5.46. The Morgan fingerprint density at radius 3 is 2.63 bits per heavy atom. The third-order valence-corrected chi connectivity index (χ3v) is 5.14. The van der Waals surface area contributed by atoms with Gasteiger partial charge < -0.3 is 14.8 Å². The maximum atomic E-state index is 12.8. The Labute approximate surface area is 178 Å². The van der Waals surface area contributed by atoms with Crippen LogP contribution in [0, 0.1) is 6.92 Å². The van der Waals surface area contributed by atoms with Gasteiger partial charge in [-0.3, -0.25) is 9.59 Å². The zero-order chi connectivity index (χ0) is 21.3. The number of benzene rings is 2. The second kappa shape index (κ2) is 8.20. The van der Waals surface area contributed by atoms with E-state index in [-0.39, 0.29) is 11.7 Å². The summed E-state index contributed by atoms with van der Waals surface area (Å²) in [7, 11) is 0. The molecular formula is C22H20ClN3O4. The van der Waals surface area contributed by atoms with Crippen molar-refractivity contribution in [3.8, 4) is 17.2 Å². The highest BCUT2D eigenvalue weighted by molar-refractivity contribution is 6.32. The van der Waals surface area contributed by atoms with Crippen molar-refractivity contribution in [2.75, 3.05) is 13.2 Å². The van der Waals surface area contributed by atoms with E-state index < -0.39 is 11.3 Å². The van der Waals surface area contributed by atoms with Crippen LogP contribution in [0.3, 0.4) is 0 Å². The SMILES string of the molecule is Cc1cc(=O)c(C(=O)NC(C)c2ccc3c(c2)OCCO3)nn1-c1ccccc1Cl. The molecule has 1 aliphatic rings. The van der Waals surface area contributed by atoms with Crippen LogP contribution < -0.4 is 20.2 Å². The number of fused-ring (bicyclic) bond motifs is 1. The zero-order valence-corrected chi connectivity index (χ0v) is 17.3. The molecule has 2 aromatic carbocycles. The standard InChI is InChI=1S/C22H20ClN3O4/c1-13-11-18(27)21(25-26(13)17-6-4-3-5-16(17)23)22(28)24-14(2)15-7-8-19-20(12-15)30-10-9-29-19/h3-8,11-12,14H,9-10H2,1-2H3,(H,24,28). The van der Waals surface area contributed by atoms with Crippen LogP contribution in [0.1, 0.15) is 34.7 Å². The van der Waals surface area contributed by atoms with Gasteiger partial charge in [0.1, 0.15) is 13.2 Å². The number of rotatable bonds is 4. The molecule has 4 rings (SSSR count). The summed E-state index contributed by atoms with van der Waals surface area (Å²) in [4.78, 5) is 25.3. The van der Waals surface area contributed by atoms with Gasteiger partial charge in [0.15, 0.2) is 17.2 Å². The maximum absolute atomic E-state index is 12.8. The number of aromatic nitrogens is 2. The Hall–Kier alpha value is -3.32. The van der Waals surface area contributed by atoms with Crippen LogP contribution in [-0.2, 0) is 0 Å². The van der Waals surface area contributed by atoms with Crippen LogP contribution in [0.5, 0.6) is 11.5 Å². The molecular weight excluding hydrogens is 406 g/mol. The fourth-order valence-corrected chi connectivity index (χ4v) is 3.47. The first-order valence-electron chi connectivity index (χ1n) is 9.50. The van der Waals surface area contributed by atoms with Crippen LogP contribution in [0.15, 0.2) is 53.3 Å². The summed E-state index contributed by atoms with van der Waals surface area (Å²) in [5, 5.41) is 7.58. The second-order valence-electron chi connectivity index (χ2n) is 6.96. The van der Waals surface area contributed by atoms with Gasteiger partial charge in [0.05, 0.1) is 16.8 Å². The minimum atomic E-state index is -0.566. The normalized spacial score (nSPS) is 13.6. The molecule has 8 heteroatoms. The van der Waals surface area contributed by atoms with Crippen molar-refractivity contribution in [2.24, 2.45) is 0 Å². The van der Waals surface area contributed by atoms with E-state index in [2.05, 4.69) is 10.4 Å². The quantitative estimate of drug-likeness (QED) is 0.692. The van der Waals surface area contributed by atoms with E-state index in [4.69, 9.17) is 21.1 Å². The first kappa shape index (κ1) is 20.0. The summed E-state index contributed by atoms with van der Waals surface area (Å²) in [6.07, 6.45) is 0. The minimum absolute atomic E-state index is 0.204. The number of para-hydroxylation sites is 1. The van der Waals surface area contributed by atoms with Crippen molar-refractivity contribution < 1.29 is 14.3 Å². The Bertz CT molecular complexity index is 1180. The van der Waals surface area contributed by atoms with Gasteiger partial charge in [-0.15, -0.1) is 0 Å². The minimum Gasteiger partial charge on any atom is -0.486 e. The molecule has 2 heterocycles. The molecule has 0 saturated carbocycles. The lowest BCUT2D eigenvalue weighted by Crippen LogP contribution is -2.33. The van der Waals surface area contributed by atoms with E-state index >= 15 is 0 Å². The monoisotopic (exact) mass is 425 g/mol. The van der Waals surface area contributed by atoms with Crippen LogP contribution >= 0.6 is 11.6 Å². The number of aryl methyl sites for hydroxylation is 1. The molecule has 0 fully saturated rings. The molecule has 3 aromatic rings. The smallest absolute Gasteiger partial charge is 0.276 e. The number of ether oxygens (including phenoxy) is 2. The molecule has 1 N–H and O–H groups in total. The third-order valence-electron chi connectivity index (χ3n) is 4.82. The van der Waals surface area contributed by atoms with E-state index in [1.54, 1.807) is 31.2 Å². The average Bonchev–Trinajstić information content (AvgIpc) is 2.74. The summed E-state index contributed by atoms with van der Waals surface area (Å²) >= 11 is 6.26. The first-order valence-corrected chi connectivity index (χ1v) is 9.88.